The Morgan fingerprint density at radius 3 is 1.95 bits per heavy atom. The lowest BCUT2D eigenvalue weighted by Crippen LogP contribution is -2.74. The van der Waals surface area contributed by atoms with Crippen LogP contribution in [0.25, 0.3) is 0 Å². The predicted octanol–water partition coefficient (Wildman–Crippen LogP) is 1.46. The monoisotopic (exact) mass is 301 g/mol. The minimum Gasteiger partial charge on any atom is -0.444 e. The molecule has 0 aromatic carbocycles. The summed E-state index contributed by atoms with van der Waals surface area (Å²) in [5.74, 6) is 0. The Bertz CT molecular complexity index is 403. The minimum absolute atomic E-state index is 0.228. The Morgan fingerprint density at radius 1 is 1.10 bits per heavy atom. The molecule has 1 saturated heterocycles. The summed E-state index contributed by atoms with van der Waals surface area (Å²) in [6.45, 7) is 11.6. The second-order valence-electron chi connectivity index (χ2n) is 7.45. The molecular weight excluding hydrogens is 274 g/mol. The molecule has 0 aromatic heterocycles. The number of carbonyl (C=O) groups excluding carboxylic acids is 2. The first-order valence-corrected chi connectivity index (χ1v) is 7.05. The molecule has 0 radical (unpaired) electrons. The molecule has 0 saturated carbocycles. The van der Waals surface area contributed by atoms with Gasteiger partial charge in [0.2, 0.25) is 0 Å². The van der Waals surface area contributed by atoms with Gasteiger partial charge in [0.25, 0.3) is 0 Å². The largest absolute Gasteiger partial charge is 0.444 e. The Labute approximate surface area is 126 Å². The molecule has 0 unspecified atom stereocenters. The van der Waals surface area contributed by atoms with Gasteiger partial charge < -0.3 is 25.4 Å². The fourth-order valence-electron chi connectivity index (χ4n) is 1.92. The Kier molecular flexibility index (Phi) is 4.77. The van der Waals surface area contributed by atoms with Gasteiger partial charge in [-0.05, 0) is 41.5 Å². The van der Waals surface area contributed by atoms with E-state index in [0.29, 0.717) is 13.1 Å². The summed E-state index contributed by atoms with van der Waals surface area (Å²) in [5, 5.41) is 2.75. The maximum Gasteiger partial charge on any atom is 0.410 e. The van der Waals surface area contributed by atoms with Crippen LogP contribution in [0, 0.1) is 0 Å². The molecule has 7 nitrogen and oxygen atoms in total. The summed E-state index contributed by atoms with van der Waals surface area (Å²) < 4.78 is 10.5. The average molecular weight is 301 g/mol. The van der Waals surface area contributed by atoms with Crippen molar-refractivity contribution in [3.8, 4) is 0 Å². The van der Waals surface area contributed by atoms with E-state index < -0.39 is 28.9 Å². The number of carbonyl (C=O) groups is 2. The third-order valence-electron chi connectivity index (χ3n) is 2.80. The van der Waals surface area contributed by atoms with Crippen LogP contribution in [0.3, 0.4) is 0 Å². The second-order valence-corrected chi connectivity index (χ2v) is 7.45. The van der Waals surface area contributed by atoms with Gasteiger partial charge in [-0.3, -0.25) is 0 Å². The first-order chi connectivity index (χ1) is 9.36. The average Bonchev–Trinajstić information content (AvgIpc) is 2.17. The van der Waals surface area contributed by atoms with E-state index in [1.54, 1.807) is 41.5 Å². The van der Waals surface area contributed by atoms with Gasteiger partial charge in [0.15, 0.2) is 0 Å². The molecular formula is C14H27N3O4. The second kappa shape index (κ2) is 5.71. The molecule has 21 heavy (non-hydrogen) atoms. The number of likely N-dealkylation sites (tertiary alicyclic amines) is 1. The number of hydrogen-bond acceptors (Lipinski definition) is 5. The lowest BCUT2D eigenvalue weighted by molar-refractivity contribution is -0.0193. The summed E-state index contributed by atoms with van der Waals surface area (Å²) in [4.78, 5) is 25.2. The normalized spacial score (nSPS) is 17.8. The zero-order chi connectivity index (χ0) is 16.5. The number of hydrogen-bond donors (Lipinski definition) is 2. The van der Waals surface area contributed by atoms with Gasteiger partial charge in [-0.2, -0.15) is 0 Å². The highest BCUT2D eigenvalue weighted by molar-refractivity contribution is 5.73. The summed E-state index contributed by atoms with van der Waals surface area (Å²) in [7, 11) is 0. The lowest BCUT2D eigenvalue weighted by Gasteiger charge is -2.49. The molecule has 2 amide bonds. The van der Waals surface area contributed by atoms with E-state index in [1.165, 1.54) is 4.90 Å². The maximum atomic E-state index is 11.9. The third-order valence-corrected chi connectivity index (χ3v) is 2.80. The summed E-state index contributed by atoms with van der Waals surface area (Å²) in [6.07, 6.45) is -0.936. The molecule has 1 rings (SSSR count). The number of ether oxygens (including phenoxy) is 2. The highest BCUT2D eigenvalue weighted by Crippen LogP contribution is 2.23. The quantitative estimate of drug-likeness (QED) is 0.805. The fourth-order valence-corrected chi connectivity index (χ4v) is 1.92. The molecule has 0 bridgehead atoms. The van der Waals surface area contributed by atoms with Crippen LogP contribution >= 0.6 is 0 Å². The molecule has 1 fully saturated rings. The van der Waals surface area contributed by atoms with Crippen LogP contribution in [0.5, 0.6) is 0 Å². The first-order valence-electron chi connectivity index (χ1n) is 7.05. The smallest absolute Gasteiger partial charge is 0.410 e. The van der Waals surface area contributed by atoms with Crippen molar-refractivity contribution >= 4 is 12.2 Å². The molecule has 0 aromatic rings. The van der Waals surface area contributed by atoms with E-state index in [0.717, 1.165) is 0 Å². The van der Waals surface area contributed by atoms with E-state index in [-0.39, 0.29) is 6.54 Å². The number of alkyl carbamates (subject to hydrolysis) is 1. The first kappa shape index (κ1) is 17.6. The van der Waals surface area contributed by atoms with Crippen LogP contribution in [-0.2, 0) is 9.47 Å². The zero-order valence-electron chi connectivity index (χ0n) is 13.8. The van der Waals surface area contributed by atoms with Gasteiger partial charge in [0.05, 0.1) is 18.6 Å². The number of nitrogens with one attached hydrogen (secondary N) is 1. The van der Waals surface area contributed by atoms with E-state index in [9.17, 15) is 9.59 Å². The van der Waals surface area contributed by atoms with Crippen molar-refractivity contribution in [2.75, 3.05) is 19.6 Å². The Hall–Kier alpha value is -1.50. The van der Waals surface area contributed by atoms with E-state index in [4.69, 9.17) is 15.2 Å². The Morgan fingerprint density at radius 2 is 1.57 bits per heavy atom. The number of rotatable bonds is 2. The van der Waals surface area contributed by atoms with Crippen LogP contribution in [0.1, 0.15) is 41.5 Å². The highest BCUT2D eigenvalue weighted by atomic mass is 16.6. The molecule has 0 atom stereocenters. The zero-order valence-corrected chi connectivity index (χ0v) is 13.8. The summed E-state index contributed by atoms with van der Waals surface area (Å²) in [6, 6.07) is 0. The topological polar surface area (TPSA) is 93.9 Å². The number of nitrogens with zero attached hydrogens (tertiary/aromatic N) is 1. The van der Waals surface area contributed by atoms with Crippen LogP contribution in [-0.4, -0.2) is 53.5 Å². The SMILES string of the molecule is CC(C)(C)OC(=O)NC1(CN)CN(C(=O)OC(C)(C)C)C1. The van der Waals surface area contributed by atoms with E-state index in [2.05, 4.69) is 5.32 Å². The molecule has 0 aliphatic carbocycles. The summed E-state index contributed by atoms with van der Waals surface area (Å²) in [5.41, 5.74) is 3.96. The van der Waals surface area contributed by atoms with Crippen molar-refractivity contribution in [1.82, 2.24) is 10.2 Å². The summed E-state index contributed by atoms with van der Waals surface area (Å²) >= 11 is 0. The lowest BCUT2D eigenvalue weighted by atomic mass is 9.90. The molecule has 7 heteroatoms. The molecule has 1 aliphatic rings. The van der Waals surface area contributed by atoms with Crippen molar-refractivity contribution < 1.29 is 19.1 Å². The van der Waals surface area contributed by atoms with Crippen molar-refractivity contribution in [2.45, 2.75) is 58.3 Å². The van der Waals surface area contributed by atoms with Crippen LogP contribution in [0.4, 0.5) is 9.59 Å². The maximum absolute atomic E-state index is 11.9. The third kappa shape index (κ3) is 5.41. The molecule has 122 valence electrons. The van der Waals surface area contributed by atoms with Gasteiger partial charge in [-0.25, -0.2) is 9.59 Å². The van der Waals surface area contributed by atoms with Gasteiger partial charge in [-0.1, -0.05) is 0 Å². The van der Waals surface area contributed by atoms with Crippen molar-refractivity contribution in [2.24, 2.45) is 5.73 Å². The fraction of sp³-hybridized carbons (Fsp3) is 0.857. The van der Waals surface area contributed by atoms with E-state index >= 15 is 0 Å². The number of nitrogens with two attached hydrogens (primary N) is 1. The van der Waals surface area contributed by atoms with Crippen molar-refractivity contribution in [1.29, 1.82) is 0 Å². The van der Waals surface area contributed by atoms with Crippen LogP contribution < -0.4 is 11.1 Å². The Balaban J connectivity index is 2.52. The molecule has 3 N–H and O–H groups in total. The molecule has 0 spiro atoms. The van der Waals surface area contributed by atoms with Crippen molar-refractivity contribution in [3.05, 3.63) is 0 Å². The van der Waals surface area contributed by atoms with Gasteiger partial charge in [0.1, 0.15) is 11.2 Å². The molecule has 1 aliphatic heterocycles. The van der Waals surface area contributed by atoms with Crippen LogP contribution in [0.15, 0.2) is 0 Å². The van der Waals surface area contributed by atoms with E-state index in [1.807, 2.05) is 0 Å². The van der Waals surface area contributed by atoms with Crippen LogP contribution in [0.2, 0.25) is 0 Å². The standard InChI is InChI=1S/C14H27N3O4/c1-12(2,3)20-10(18)16-14(7-15)8-17(9-14)11(19)21-13(4,5)6/h7-9,15H2,1-6H3,(H,16,18). The van der Waals surface area contributed by atoms with Crippen molar-refractivity contribution in [3.63, 3.8) is 0 Å². The molecule has 1 heterocycles. The van der Waals surface area contributed by atoms with Gasteiger partial charge >= 0.3 is 12.2 Å². The van der Waals surface area contributed by atoms with Gasteiger partial charge in [0, 0.05) is 6.54 Å². The van der Waals surface area contributed by atoms with Gasteiger partial charge in [-0.15, -0.1) is 0 Å². The predicted molar refractivity (Wildman–Crippen MR) is 79.0 cm³/mol. The highest BCUT2D eigenvalue weighted by Gasteiger charge is 2.47. The minimum atomic E-state index is -0.640. The number of amides is 2.